The Hall–Kier alpha value is -1.59. The molecule has 1 fully saturated rings. The number of hydrogen-bond acceptors (Lipinski definition) is 6. The lowest BCUT2D eigenvalue weighted by Gasteiger charge is -2.37. The maximum atomic E-state index is 11.9. The predicted molar refractivity (Wildman–Crippen MR) is 64.9 cm³/mol. The molecule has 0 aliphatic heterocycles. The molecule has 0 N–H and O–H groups in total. The molecular weight excluding hydrogens is 252 g/mol. The lowest BCUT2D eigenvalue weighted by Crippen LogP contribution is -2.44. The van der Waals surface area contributed by atoms with Crippen LogP contribution in [0.25, 0.3) is 0 Å². The quantitative estimate of drug-likeness (QED) is 0.558. The van der Waals surface area contributed by atoms with E-state index >= 15 is 0 Å². The second-order valence-electron chi connectivity index (χ2n) is 4.74. The van der Waals surface area contributed by atoms with Gasteiger partial charge in [-0.25, -0.2) is 0 Å². The zero-order valence-electron chi connectivity index (χ0n) is 11.7. The smallest absolute Gasteiger partial charge is 0.309 e. The van der Waals surface area contributed by atoms with Gasteiger partial charge in [0.2, 0.25) is 0 Å². The molecule has 4 unspecified atom stereocenters. The van der Waals surface area contributed by atoms with Crippen LogP contribution in [0.1, 0.15) is 19.8 Å². The summed E-state index contributed by atoms with van der Waals surface area (Å²) in [5.41, 5.74) is 0. The standard InChI is InChI=1S/C13H20O6/c1-7-8(11(14)17-2)5-6-9(12(15)18-3)10(7)13(16)19-4/h7-10H,5-6H2,1-4H3. The van der Waals surface area contributed by atoms with Gasteiger partial charge < -0.3 is 14.2 Å². The fourth-order valence-electron chi connectivity index (χ4n) is 2.83. The lowest BCUT2D eigenvalue weighted by atomic mass is 9.67. The van der Waals surface area contributed by atoms with E-state index in [-0.39, 0.29) is 11.9 Å². The zero-order valence-corrected chi connectivity index (χ0v) is 11.7. The number of carbonyl (C=O) groups excluding carboxylic acids is 3. The summed E-state index contributed by atoms with van der Waals surface area (Å²) in [4.78, 5) is 35.3. The molecule has 19 heavy (non-hydrogen) atoms. The molecule has 0 radical (unpaired) electrons. The molecule has 1 aliphatic carbocycles. The number of esters is 3. The van der Waals surface area contributed by atoms with Crippen molar-refractivity contribution >= 4 is 17.9 Å². The Bertz CT molecular complexity index is 364. The maximum Gasteiger partial charge on any atom is 0.309 e. The van der Waals surface area contributed by atoms with Crippen LogP contribution in [0.2, 0.25) is 0 Å². The van der Waals surface area contributed by atoms with Gasteiger partial charge in [0.05, 0.1) is 39.1 Å². The van der Waals surface area contributed by atoms with E-state index in [0.29, 0.717) is 12.8 Å². The topological polar surface area (TPSA) is 78.9 Å². The molecule has 1 saturated carbocycles. The average molecular weight is 272 g/mol. The minimum Gasteiger partial charge on any atom is -0.469 e. The van der Waals surface area contributed by atoms with Gasteiger partial charge in [0, 0.05) is 0 Å². The third-order valence-electron chi connectivity index (χ3n) is 3.90. The first-order chi connectivity index (χ1) is 8.97. The first-order valence-corrected chi connectivity index (χ1v) is 6.21. The Kier molecular flexibility index (Phi) is 5.32. The third-order valence-corrected chi connectivity index (χ3v) is 3.90. The van der Waals surface area contributed by atoms with Gasteiger partial charge in [-0.3, -0.25) is 14.4 Å². The summed E-state index contributed by atoms with van der Waals surface area (Å²) in [6.07, 6.45) is 0.914. The summed E-state index contributed by atoms with van der Waals surface area (Å²) >= 11 is 0. The van der Waals surface area contributed by atoms with Gasteiger partial charge in [0.15, 0.2) is 0 Å². The highest BCUT2D eigenvalue weighted by Gasteiger charge is 2.47. The summed E-state index contributed by atoms with van der Waals surface area (Å²) in [6, 6.07) is 0. The van der Waals surface area contributed by atoms with Gasteiger partial charge in [0.1, 0.15) is 0 Å². The SMILES string of the molecule is COC(=O)C1CCC(C(=O)OC)C(C(=O)OC)C1C. The van der Waals surface area contributed by atoms with E-state index in [1.807, 2.05) is 0 Å². The largest absolute Gasteiger partial charge is 0.469 e. The highest BCUT2D eigenvalue weighted by molar-refractivity contribution is 5.84. The molecule has 0 amide bonds. The lowest BCUT2D eigenvalue weighted by molar-refractivity contribution is -0.167. The second kappa shape index (κ2) is 6.54. The van der Waals surface area contributed by atoms with Crippen LogP contribution in [0, 0.1) is 23.7 Å². The molecule has 0 aromatic heterocycles. The van der Waals surface area contributed by atoms with Gasteiger partial charge >= 0.3 is 17.9 Å². The van der Waals surface area contributed by atoms with Crippen molar-refractivity contribution < 1.29 is 28.6 Å². The summed E-state index contributed by atoms with van der Waals surface area (Å²) in [5, 5.41) is 0. The molecular formula is C13H20O6. The number of hydrogen-bond donors (Lipinski definition) is 0. The fourth-order valence-corrected chi connectivity index (χ4v) is 2.83. The second-order valence-corrected chi connectivity index (χ2v) is 4.74. The highest BCUT2D eigenvalue weighted by atomic mass is 16.5. The Labute approximate surface area is 112 Å². The third kappa shape index (κ3) is 3.05. The van der Waals surface area contributed by atoms with E-state index in [2.05, 4.69) is 0 Å². The molecule has 0 aromatic carbocycles. The molecule has 0 aromatic rings. The van der Waals surface area contributed by atoms with Crippen LogP contribution < -0.4 is 0 Å². The van der Waals surface area contributed by atoms with Crippen molar-refractivity contribution in [2.75, 3.05) is 21.3 Å². The van der Waals surface area contributed by atoms with E-state index in [0.717, 1.165) is 0 Å². The molecule has 0 heterocycles. The van der Waals surface area contributed by atoms with Crippen LogP contribution in [-0.2, 0) is 28.6 Å². The zero-order chi connectivity index (χ0) is 14.6. The van der Waals surface area contributed by atoms with Crippen LogP contribution in [0.3, 0.4) is 0 Å². The van der Waals surface area contributed by atoms with E-state index in [4.69, 9.17) is 14.2 Å². The molecule has 1 aliphatic rings. The van der Waals surface area contributed by atoms with Gasteiger partial charge in [-0.2, -0.15) is 0 Å². The van der Waals surface area contributed by atoms with Crippen molar-refractivity contribution in [3.8, 4) is 0 Å². The normalized spacial score (nSPS) is 30.3. The van der Waals surface area contributed by atoms with Gasteiger partial charge in [-0.05, 0) is 18.8 Å². The maximum absolute atomic E-state index is 11.9. The summed E-state index contributed by atoms with van der Waals surface area (Å²) < 4.78 is 14.2. The average Bonchev–Trinajstić information content (AvgIpc) is 2.44. The first kappa shape index (κ1) is 15.5. The van der Waals surface area contributed by atoms with E-state index < -0.39 is 29.7 Å². The number of rotatable bonds is 3. The molecule has 0 spiro atoms. The van der Waals surface area contributed by atoms with Gasteiger partial charge in [-0.1, -0.05) is 6.92 Å². The Morgan fingerprint density at radius 2 is 1.21 bits per heavy atom. The summed E-state index contributed by atoms with van der Waals surface area (Å²) in [5.74, 6) is -3.23. The Balaban J connectivity index is 2.99. The minimum atomic E-state index is -0.671. The van der Waals surface area contributed by atoms with Crippen molar-refractivity contribution in [2.45, 2.75) is 19.8 Å². The van der Waals surface area contributed by atoms with E-state index in [1.54, 1.807) is 6.92 Å². The van der Waals surface area contributed by atoms with Crippen LogP contribution >= 0.6 is 0 Å². The monoisotopic (exact) mass is 272 g/mol. The number of ether oxygens (including phenoxy) is 3. The molecule has 4 atom stereocenters. The molecule has 6 heteroatoms. The van der Waals surface area contributed by atoms with Crippen molar-refractivity contribution in [2.24, 2.45) is 23.7 Å². The van der Waals surface area contributed by atoms with Crippen molar-refractivity contribution in [1.29, 1.82) is 0 Å². The molecule has 0 saturated heterocycles. The van der Waals surface area contributed by atoms with Crippen LogP contribution in [0.5, 0.6) is 0 Å². The van der Waals surface area contributed by atoms with Crippen molar-refractivity contribution in [3.05, 3.63) is 0 Å². The Morgan fingerprint density at radius 1 is 0.789 bits per heavy atom. The van der Waals surface area contributed by atoms with Crippen molar-refractivity contribution in [1.82, 2.24) is 0 Å². The van der Waals surface area contributed by atoms with Crippen LogP contribution in [0.4, 0.5) is 0 Å². The highest BCUT2D eigenvalue weighted by Crippen LogP contribution is 2.40. The van der Waals surface area contributed by atoms with E-state index in [9.17, 15) is 14.4 Å². The Morgan fingerprint density at radius 3 is 1.68 bits per heavy atom. The van der Waals surface area contributed by atoms with E-state index in [1.165, 1.54) is 21.3 Å². The first-order valence-electron chi connectivity index (χ1n) is 6.21. The molecule has 108 valence electrons. The molecule has 0 bridgehead atoms. The molecule has 6 nitrogen and oxygen atoms in total. The summed E-state index contributed by atoms with van der Waals surface area (Å²) in [7, 11) is 3.87. The minimum absolute atomic E-state index is 0.322. The fraction of sp³-hybridized carbons (Fsp3) is 0.769. The van der Waals surface area contributed by atoms with Crippen LogP contribution in [0.15, 0.2) is 0 Å². The van der Waals surface area contributed by atoms with Crippen LogP contribution in [-0.4, -0.2) is 39.2 Å². The molecule has 1 rings (SSSR count). The number of methoxy groups -OCH3 is 3. The van der Waals surface area contributed by atoms with Crippen molar-refractivity contribution in [3.63, 3.8) is 0 Å². The predicted octanol–water partition coefficient (Wildman–Crippen LogP) is 0.784. The summed E-state index contributed by atoms with van der Waals surface area (Å²) in [6.45, 7) is 1.76. The number of carbonyl (C=O) groups is 3. The van der Waals surface area contributed by atoms with Gasteiger partial charge in [-0.15, -0.1) is 0 Å². The van der Waals surface area contributed by atoms with Gasteiger partial charge in [0.25, 0.3) is 0 Å².